The number of hydrogen-bond donors (Lipinski definition) is 2. The minimum Gasteiger partial charge on any atom is -0.759 e. The number of aryl methyl sites for hydroxylation is 2. The average molecular weight is 601 g/mol. The molecule has 0 unspecified atom stereocenters. The molecular formula is C28H28N10O4S. The zero-order valence-electron chi connectivity index (χ0n) is 23.3. The molecule has 0 bridgehead atoms. The average Bonchev–Trinajstić information content (AvgIpc) is 2.99. The Morgan fingerprint density at radius 1 is 0.651 bits per heavy atom. The number of diazo groups is 2. The molecule has 14 nitrogen and oxygen atoms in total. The molecule has 0 aliphatic carbocycles. The van der Waals surface area contributed by atoms with Gasteiger partial charge in [-0.05, 0) is 61.4 Å². The Bertz CT molecular complexity index is 1670. The summed E-state index contributed by atoms with van der Waals surface area (Å²) in [4.78, 5) is 6.34. The summed E-state index contributed by atoms with van der Waals surface area (Å²) in [6.07, 6.45) is 0. The van der Waals surface area contributed by atoms with Crippen LogP contribution in [0.3, 0.4) is 0 Å². The molecule has 0 aliphatic heterocycles. The van der Waals surface area contributed by atoms with E-state index in [2.05, 4.69) is 30.4 Å². The minimum absolute atomic E-state index is 0.427. The van der Waals surface area contributed by atoms with Gasteiger partial charge >= 0.3 is 11.4 Å². The summed E-state index contributed by atoms with van der Waals surface area (Å²) in [6, 6.07) is 25.7. The Hall–Kier alpha value is -5.29. The number of azo groups is 2. The van der Waals surface area contributed by atoms with E-state index in [1.165, 1.54) is 0 Å². The molecule has 0 saturated carbocycles. The van der Waals surface area contributed by atoms with Gasteiger partial charge in [-0.1, -0.05) is 36.4 Å². The third-order valence-electron chi connectivity index (χ3n) is 5.55. The van der Waals surface area contributed by atoms with Gasteiger partial charge in [0.25, 0.3) is 0 Å². The highest BCUT2D eigenvalue weighted by Crippen LogP contribution is 2.28. The highest BCUT2D eigenvalue weighted by molar-refractivity contribution is 7.79. The molecule has 0 aliphatic rings. The van der Waals surface area contributed by atoms with Crippen molar-refractivity contribution in [2.75, 3.05) is 0 Å². The Balaban J connectivity index is 0.000000260. The molecular weight excluding hydrogens is 572 g/mol. The molecule has 15 heteroatoms. The van der Waals surface area contributed by atoms with Crippen LogP contribution >= 0.6 is 0 Å². The molecule has 0 heterocycles. The minimum atomic E-state index is -5.17. The van der Waals surface area contributed by atoms with Crippen LogP contribution in [0.2, 0.25) is 0 Å². The first-order valence-electron chi connectivity index (χ1n) is 12.5. The van der Waals surface area contributed by atoms with Gasteiger partial charge in [-0.2, -0.15) is 20.5 Å². The van der Waals surface area contributed by atoms with Crippen LogP contribution in [0.4, 0.5) is 34.1 Å². The van der Waals surface area contributed by atoms with Crippen LogP contribution < -0.4 is 11.5 Å². The largest absolute Gasteiger partial charge is 0.759 e. The second-order valence-corrected chi connectivity index (χ2v) is 9.43. The summed E-state index contributed by atoms with van der Waals surface area (Å²) < 4.78 is 34.1. The van der Waals surface area contributed by atoms with Crippen LogP contribution in [-0.2, 0) is 23.5 Å². The second-order valence-electron chi connectivity index (χ2n) is 8.62. The zero-order valence-corrected chi connectivity index (χ0v) is 24.1. The first kappa shape index (κ1) is 33.9. The van der Waals surface area contributed by atoms with Gasteiger partial charge < -0.3 is 20.6 Å². The summed E-state index contributed by atoms with van der Waals surface area (Å²) in [5.41, 5.74) is 18.8. The Morgan fingerprint density at radius 2 is 1.00 bits per heavy atom. The summed E-state index contributed by atoms with van der Waals surface area (Å²) in [5, 5.41) is 34.2. The van der Waals surface area contributed by atoms with Crippen LogP contribution in [0, 0.1) is 24.6 Å². The number of hydrogen-bond acceptors (Lipinski definition) is 12. The Labute approximate surface area is 248 Å². The maximum atomic E-state index is 8.74. The Morgan fingerprint density at radius 3 is 1.30 bits per heavy atom. The van der Waals surface area contributed by atoms with Gasteiger partial charge in [0.2, 0.25) is 10.8 Å². The van der Waals surface area contributed by atoms with Gasteiger partial charge in [0, 0.05) is 46.7 Å². The molecule has 0 fully saturated rings. The summed E-state index contributed by atoms with van der Waals surface area (Å²) in [5.74, 6) is 0. The summed E-state index contributed by atoms with van der Waals surface area (Å²) in [7, 11) is -5.17. The first-order valence-corrected chi connectivity index (χ1v) is 13.8. The fraction of sp³-hybridized carbons (Fsp3) is 0.143. The second kappa shape index (κ2) is 16.8. The highest BCUT2D eigenvalue weighted by atomic mass is 32.3. The molecule has 0 aromatic heterocycles. The van der Waals surface area contributed by atoms with Crippen LogP contribution in [0.25, 0.3) is 9.95 Å². The zero-order chi connectivity index (χ0) is 31.8. The molecule has 0 amide bonds. The van der Waals surface area contributed by atoms with Gasteiger partial charge in [-0.15, -0.1) is 0 Å². The molecule has 0 saturated heterocycles. The highest BCUT2D eigenvalue weighted by Gasteiger charge is 2.10. The van der Waals surface area contributed by atoms with Gasteiger partial charge in [0.05, 0.1) is 22.7 Å². The number of nitrogens with two attached hydrogens (primary N) is 2. The number of benzene rings is 4. The van der Waals surface area contributed by atoms with Crippen molar-refractivity contribution in [1.82, 2.24) is 0 Å². The topological polar surface area (TPSA) is 238 Å². The van der Waals surface area contributed by atoms with Gasteiger partial charge in [-0.25, -0.2) is 0 Å². The predicted molar refractivity (Wildman–Crippen MR) is 159 cm³/mol. The monoisotopic (exact) mass is 600 g/mol. The fourth-order valence-corrected chi connectivity index (χ4v) is 3.41. The molecule has 0 spiro atoms. The van der Waals surface area contributed by atoms with Crippen molar-refractivity contribution in [2.24, 2.45) is 31.9 Å². The maximum Gasteiger partial charge on any atom is 0.388 e. The van der Waals surface area contributed by atoms with E-state index in [9.17, 15) is 0 Å². The predicted octanol–water partition coefficient (Wildman–Crippen LogP) is 7.37. The SMILES string of the molecule is Cc1cc(N=Nc2ccccc2CN)ccc1[N+]#N.Cc1cc(N=Nc2ccccc2CN)ccc1[N+]#N.O=S(=O)([O-])[O-]. The quantitative estimate of drug-likeness (QED) is 0.0977. The van der Waals surface area contributed by atoms with E-state index in [1.807, 2.05) is 74.5 Å². The van der Waals surface area contributed by atoms with Crippen molar-refractivity contribution in [1.29, 1.82) is 10.8 Å². The van der Waals surface area contributed by atoms with Crippen LogP contribution in [0.5, 0.6) is 0 Å². The standard InChI is InChI=1S/2C14H14N5.H2O4S/c2*1-10-8-12(6-7-13(10)17-16)18-19-14-5-3-2-4-11(14)9-15;1-5(2,3)4/h2*2-8H,9,15H2,1H3;(H2,1,2,3,4)/q2*+1;/p-2. The van der Waals surface area contributed by atoms with Crippen molar-refractivity contribution in [3.05, 3.63) is 117 Å². The van der Waals surface area contributed by atoms with Gasteiger partial charge in [-0.3, -0.25) is 8.42 Å². The van der Waals surface area contributed by atoms with E-state index in [4.69, 9.17) is 39.8 Å². The van der Waals surface area contributed by atoms with Crippen LogP contribution in [0.1, 0.15) is 22.3 Å². The van der Waals surface area contributed by atoms with Crippen molar-refractivity contribution in [2.45, 2.75) is 26.9 Å². The molecule has 4 aromatic rings. The van der Waals surface area contributed by atoms with Gasteiger partial charge in [0.1, 0.15) is 0 Å². The normalized spacial score (nSPS) is 10.7. The molecule has 4 N–H and O–H groups in total. The fourth-order valence-electron chi connectivity index (χ4n) is 3.41. The van der Waals surface area contributed by atoms with E-state index in [0.717, 1.165) is 33.6 Å². The van der Waals surface area contributed by atoms with E-state index < -0.39 is 10.4 Å². The summed E-state index contributed by atoms with van der Waals surface area (Å²) in [6.45, 7) is 4.55. The maximum absolute atomic E-state index is 8.74. The lowest BCUT2D eigenvalue weighted by atomic mass is 10.2. The Kier molecular flexibility index (Phi) is 13.3. The molecule has 4 aromatic carbocycles. The molecule has 0 atom stereocenters. The van der Waals surface area contributed by atoms with Gasteiger partial charge in [0.15, 0.2) is 9.95 Å². The van der Waals surface area contributed by atoms with E-state index in [-0.39, 0.29) is 0 Å². The third kappa shape index (κ3) is 12.0. The van der Waals surface area contributed by atoms with Crippen molar-refractivity contribution in [3.63, 3.8) is 0 Å². The summed E-state index contributed by atoms with van der Waals surface area (Å²) >= 11 is 0. The van der Waals surface area contributed by atoms with E-state index in [1.54, 1.807) is 24.3 Å². The smallest absolute Gasteiger partial charge is 0.388 e. The molecule has 220 valence electrons. The lowest BCUT2D eigenvalue weighted by molar-refractivity contribution is 0.352. The molecule has 43 heavy (non-hydrogen) atoms. The third-order valence-corrected chi connectivity index (χ3v) is 5.55. The van der Waals surface area contributed by atoms with Crippen molar-refractivity contribution < 1.29 is 17.5 Å². The lowest BCUT2D eigenvalue weighted by Gasteiger charge is -2.06. The van der Waals surface area contributed by atoms with Crippen molar-refractivity contribution >= 4 is 44.5 Å². The number of rotatable bonds is 6. The molecule has 0 radical (unpaired) electrons. The van der Waals surface area contributed by atoms with Crippen molar-refractivity contribution in [3.8, 4) is 0 Å². The van der Waals surface area contributed by atoms with E-state index >= 15 is 0 Å². The van der Waals surface area contributed by atoms with E-state index in [0.29, 0.717) is 35.8 Å². The van der Waals surface area contributed by atoms with Crippen LogP contribution in [0.15, 0.2) is 105 Å². The molecule has 4 rings (SSSR count). The van der Waals surface area contributed by atoms with Crippen LogP contribution in [-0.4, -0.2) is 17.5 Å². The lowest BCUT2D eigenvalue weighted by Crippen LogP contribution is -1.95. The number of nitrogens with zero attached hydrogens (tertiary/aromatic N) is 8. The first-order chi connectivity index (χ1) is 20.5.